The number of rotatable bonds is 6. The molecule has 0 fully saturated rings. The number of thiophene rings is 1. The van der Waals surface area contributed by atoms with Gasteiger partial charge in [0, 0.05) is 21.0 Å². The Morgan fingerprint density at radius 2 is 2.25 bits per heavy atom. The monoisotopic (exact) mass is 322 g/mol. The first-order valence-corrected chi connectivity index (χ1v) is 8.28. The lowest BCUT2D eigenvalue weighted by atomic mass is 10.2. The Morgan fingerprint density at radius 1 is 1.56 bits per heavy atom. The largest absolute Gasteiger partial charge is 0.292 e. The summed E-state index contributed by atoms with van der Waals surface area (Å²) >= 11 is 4.70. The molecule has 1 unspecified atom stereocenters. The van der Waals surface area contributed by atoms with Crippen molar-refractivity contribution >= 4 is 43.8 Å². The van der Waals surface area contributed by atoms with Crippen LogP contribution >= 0.6 is 27.3 Å². The molecular formula is C11H15BrO2S2. The van der Waals surface area contributed by atoms with Gasteiger partial charge in [-0.15, -0.1) is 11.3 Å². The molecule has 16 heavy (non-hydrogen) atoms. The quantitative estimate of drug-likeness (QED) is 0.751. The van der Waals surface area contributed by atoms with E-state index in [1.54, 1.807) is 0 Å². The van der Waals surface area contributed by atoms with Crippen LogP contribution in [0.3, 0.4) is 0 Å². The summed E-state index contributed by atoms with van der Waals surface area (Å²) in [5.41, 5.74) is 0. The molecule has 90 valence electrons. The van der Waals surface area contributed by atoms with Crippen molar-refractivity contribution in [1.29, 1.82) is 0 Å². The molecule has 0 saturated heterocycles. The molecule has 0 bridgehead atoms. The Labute approximate surface area is 111 Å². The fourth-order valence-corrected chi connectivity index (χ4v) is 4.08. The molecule has 0 saturated carbocycles. The third kappa shape index (κ3) is 4.47. The van der Waals surface area contributed by atoms with E-state index in [1.165, 1.54) is 11.3 Å². The van der Waals surface area contributed by atoms with E-state index in [4.69, 9.17) is 0 Å². The van der Waals surface area contributed by atoms with Crippen LogP contribution in [-0.2, 0) is 10.8 Å². The third-order valence-corrected chi connectivity index (χ3v) is 5.24. The smallest absolute Gasteiger partial charge is 0.186 e. The highest BCUT2D eigenvalue weighted by molar-refractivity contribution is 9.10. The molecule has 0 aliphatic carbocycles. The van der Waals surface area contributed by atoms with E-state index < -0.39 is 10.8 Å². The van der Waals surface area contributed by atoms with E-state index in [2.05, 4.69) is 29.8 Å². The first-order chi connectivity index (χ1) is 7.50. The summed E-state index contributed by atoms with van der Waals surface area (Å²) in [7, 11) is -1.03. The normalized spacial score (nSPS) is 13.0. The van der Waals surface area contributed by atoms with Crippen molar-refractivity contribution in [3.63, 3.8) is 0 Å². The van der Waals surface area contributed by atoms with Crippen molar-refractivity contribution in [2.75, 3.05) is 11.5 Å². The Morgan fingerprint density at radius 3 is 2.75 bits per heavy atom. The van der Waals surface area contributed by atoms with Crippen LogP contribution in [0.15, 0.2) is 15.9 Å². The molecule has 2 nitrogen and oxygen atoms in total. The van der Waals surface area contributed by atoms with E-state index in [1.807, 2.05) is 11.4 Å². The maximum Gasteiger partial charge on any atom is 0.186 e. The van der Waals surface area contributed by atoms with Gasteiger partial charge in [-0.05, 0) is 39.7 Å². The van der Waals surface area contributed by atoms with Crippen molar-refractivity contribution < 1.29 is 9.00 Å². The summed E-state index contributed by atoms with van der Waals surface area (Å²) < 4.78 is 12.5. The highest BCUT2D eigenvalue weighted by atomic mass is 79.9. The number of carbonyl (C=O) groups excluding carboxylic acids is 1. The van der Waals surface area contributed by atoms with E-state index in [9.17, 15) is 9.00 Å². The molecule has 5 heteroatoms. The fraction of sp³-hybridized carbons (Fsp3) is 0.545. The van der Waals surface area contributed by atoms with Crippen LogP contribution in [-0.4, -0.2) is 21.5 Å². The van der Waals surface area contributed by atoms with Crippen molar-refractivity contribution in [2.24, 2.45) is 5.92 Å². The van der Waals surface area contributed by atoms with Gasteiger partial charge in [0.15, 0.2) is 5.78 Å². The second-order valence-corrected chi connectivity index (χ2v) is 7.34. The van der Waals surface area contributed by atoms with Gasteiger partial charge in [-0.1, -0.05) is 13.8 Å². The van der Waals surface area contributed by atoms with Gasteiger partial charge in [-0.25, -0.2) is 0 Å². The van der Waals surface area contributed by atoms with E-state index >= 15 is 0 Å². The summed E-state index contributed by atoms with van der Waals surface area (Å²) in [5.74, 6) is 1.27. The maximum atomic E-state index is 11.8. The van der Waals surface area contributed by atoms with Crippen molar-refractivity contribution in [2.45, 2.75) is 20.3 Å². The lowest BCUT2D eigenvalue weighted by Crippen LogP contribution is -2.13. The van der Waals surface area contributed by atoms with E-state index in [0.29, 0.717) is 16.5 Å². The lowest BCUT2D eigenvalue weighted by molar-refractivity contribution is 0.102. The molecule has 0 aromatic carbocycles. The zero-order valence-electron chi connectivity index (χ0n) is 9.36. The summed E-state index contributed by atoms with van der Waals surface area (Å²) in [6.45, 7) is 4.18. The van der Waals surface area contributed by atoms with Crippen molar-refractivity contribution in [1.82, 2.24) is 0 Å². The number of carbonyl (C=O) groups is 1. The molecule has 1 rings (SSSR count). The minimum Gasteiger partial charge on any atom is -0.292 e. The van der Waals surface area contributed by atoms with Gasteiger partial charge in [-0.2, -0.15) is 0 Å². The molecule has 0 aliphatic heterocycles. The lowest BCUT2D eigenvalue weighted by Gasteiger charge is -2.04. The van der Waals surface area contributed by atoms with Crippen LogP contribution in [0.1, 0.15) is 29.9 Å². The zero-order chi connectivity index (χ0) is 12.1. The maximum absolute atomic E-state index is 11.8. The van der Waals surface area contributed by atoms with Gasteiger partial charge in [0.25, 0.3) is 0 Å². The van der Waals surface area contributed by atoms with Gasteiger partial charge < -0.3 is 0 Å². The summed E-state index contributed by atoms with van der Waals surface area (Å²) in [6, 6.07) is 1.84. The van der Waals surface area contributed by atoms with E-state index in [-0.39, 0.29) is 11.5 Å². The number of Topliss-reactive ketones (excluding diaryl/α,β-unsaturated/α-hetero) is 1. The van der Waals surface area contributed by atoms with Crippen LogP contribution in [0, 0.1) is 5.92 Å². The van der Waals surface area contributed by atoms with Gasteiger partial charge in [0.05, 0.1) is 10.6 Å². The molecule has 1 aromatic rings. The van der Waals surface area contributed by atoms with Crippen molar-refractivity contribution in [3.05, 3.63) is 20.8 Å². The third-order valence-electron chi connectivity index (χ3n) is 2.09. The standard InChI is InChI=1S/C11H15BrO2S2/c1-8(2)4-6-16(14)7-10(13)11-9(12)3-5-15-11/h3,5,8H,4,6-7H2,1-2H3. The molecule has 0 amide bonds. The number of hydrogen-bond donors (Lipinski definition) is 0. The molecule has 1 aromatic heterocycles. The van der Waals surface area contributed by atoms with Gasteiger partial charge in [0.2, 0.25) is 0 Å². The SMILES string of the molecule is CC(C)CCS(=O)CC(=O)c1sccc1Br. The molecule has 0 spiro atoms. The predicted molar refractivity (Wildman–Crippen MR) is 73.7 cm³/mol. The highest BCUT2D eigenvalue weighted by Crippen LogP contribution is 2.23. The Bertz CT molecular complexity index is 385. The first kappa shape index (κ1) is 14.1. The Balaban J connectivity index is 2.46. The molecule has 0 aliphatic rings. The molecule has 0 N–H and O–H groups in total. The average Bonchev–Trinajstić information content (AvgIpc) is 2.61. The highest BCUT2D eigenvalue weighted by Gasteiger charge is 2.14. The number of ketones is 1. The fourth-order valence-electron chi connectivity index (χ4n) is 1.14. The Kier molecular flexibility index (Phi) is 5.86. The van der Waals surface area contributed by atoms with Gasteiger partial charge in [-0.3, -0.25) is 9.00 Å². The molecule has 1 atom stereocenters. The summed E-state index contributed by atoms with van der Waals surface area (Å²) in [5, 5.41) is 1.86. The molecule has 0 radical (unpaired) electrons. The predicted octanol–water partition coefficient (Wildman–Crippen LogP) is 3.49. The molecule has 1 heterocycles. The van der Waals surface area contributed by atoms with Crippen LogP contribution in [0.4, 0.5) is 0 Å². The van der Waals surface area contributed by atoms with Crippen LogP contribution < -0.4 is 0 Å². The van der Waals surface area contributed by atoms with Crippen LogP contribution in [0.25, 0.3) is 0 Å². The summed E-state index contributed by atoms with van der Waals surface area (Å²) in [6.07, 6.45) is 0.908. The second kappa shape index (κ2) is 6.67. The van der Waals surface area contributed by atoms with Crippen LogP contribution in [0.5, 0.6) is 0 Å². The molecular weight excluding hydrogens is 308 g/mol. The summed E-state index contributed by atoms with van der Waals surface area (Å²) in [4.78, 5) is 12.4. The van der Waals surface area contributed by atoms with E-state index in [0.717, 1.165) is 10.9 Å². The van der Waals surface area contributed by atoms with Gasteiger partial charge >= 0.3 is 0 Å². The van der Waals surface area contributed by atoms with Crippen LogP contribution in [0.2, 0.25) is 0 Å². The first-order valence-electron chi connectivity index (χ1n) is 5.12. The minimum atomic E-state index is -1.03. The van der Waals surface area contributed by atoms with Crippen molar-refractivity contribution in [3.8, 4) is 0 Å². The minimum absolute atomic E-state index is 0.0241. The number of halogens is 1. The second-order valence-electron chi connectivity index (χ2n) is 3.99. The number of hydrogen-bond acceptors (Lipinski definition) is 3. The topological polar surface area (TPSA) is 34.1 Å². The Hall–Kier alpha value is -0.000000000000000111. The zero-order valence-corrected chi connectivity index (χ0v) is 12.6. The average molecular weight is 323 g/mol. The van der Waals surface area contributed by atoms with Gasteiger partial charge in [0.1, 0.15) is 0 Å².